The number of aromatic nitrogens is 2. The van der Waals surface area contributed by atoms with Crippen LogP contribution < -0.4 is 0 Å². The van der Waals surface area contributed by atoms with Gasteiger partial charge in [0.1, 0.15) is 5.69 Å². The van der Waals surface area contributed by atoms with Crippen molar-refractivity contribution in [2.45, 2.75) is 53.1 Å². The third-order valence-corrected chi connectivity index (χ3v) is 5.57. The smallest absolute Gasteiger partial charge is 0.272 e. The Morgan fingerprint density at radius 2 is 2.16 bits per heavy atom. The maximum atomic E-state index is 13.1. The van der Waals surface area contributed by atoms with Crippen LogP contribution in [0, 0.1) is 12.3 Å². The van der Waals surface area contributed by atoms with Crippen LogP contribution in [0.25, 0.3) is 0 Å². The van der Waals surface area contributed by atoms with E-state index in [0.717, 1.165) is 64.5 Å². The molecule has 1 unspecified atom stereocenters. The predicted molar refractivity (Wildman–Crippen MR) is 97.7 cm³/mol. The quantitative estimate of drug-likeness (QED) is 0.840. The van der Waals surface area contributed by atoms with Crippen LogP contribution in [0.2, 0.25) is 0 Å². The number of amides is 1. The van der Waals surface area contributed by atoms with E-state index >= 15 is 0 Å². The topological polar surface area (TPSA) is 50.6 Å². The number of carbonyl (C=O) groups excluding carboxylic acids is 1. The molecule has 25 heavy (non-hydrogen) atoms. The van der Waals surface area contributed by atoms with E-state index in [1.165, 1.54) is 0 Å². The molecular formula is C19H32N4O2. The van der Waals surface area contributed by atoms with Crippen LogP contribution in [0.1, 0.15) is 49.8 Å². The first kappa shape index (κ1) is 18.4. The summed E-state index contributed by atoms with van der Waals surface area (Å²) in [5.41, 5.74) is 1.67. The van der Waals surface area contributed by atoms with Crippen molar-refractivity contribution in [3.8, 4) is 0 Å². The van der Waals surface area contributed by atoms with Crippen molar-refractivity contribution in [2.24, 2.45) is 5.41 Å². The molecule has 2 aliphatic heterocycles. The van der Waals surface area contributed by atoms with Crippen molar-refractivity contribution in [3.05, 3.63) is 17.5 Å². The van der Waals surface area contributed by atoms with Gasteiger partial charge in [-0.05, 0) is 46.6 Å². The molecule has 1 atom stereocenters. The van der Waals surface area contributed by atoms with E-state index in [-0.39, 0.29) is 11.3 Å². The first-order valence-electron chi connectivity index (χ1n) is 9.60. The lowest BCUT2D eigenvalue weighted by Gasteiger charge is -2.44. The molecule has 2 saturated heterocycles. The molecule has 0 saturated carbocycles. The summed E-state index contributed by atoms with van der Waals surface area (Å²) < 4.78 is 7.78. The first-order valence-corrected chi connectivity index (χ1v) is 9.60. The summed E-state index contributed by atoms with van der Waals surface area (Å²) in [6, 6.07) is 2.42. The molecule has 0 aliphatic carbocycles. The standard InChI is InChI=1S/C19H32N4O2/c1-5-23-17(11-16(4)20-23)18(24)22-8-6-7-19(13-22)12-21(15(2)3)9-10-25-14-19/h11,15H,5-10,12-14H2,1-4H3. The number of carbonyl (C=O) groups is 1. The zero-order chi connectivity index (χ0) is 18.0. The molecule has 2 aliphatic rings. The lowest BCUT2D eigenvalue weighted by Crippen LogP contribution is -2.53. The lowest BCUT2D eigenvalue weighted by molar-refractivity contribution is 0.00527. The van der Waals surface area contributed by atoms with E-state index in [2.05, 4.69) is 23.8 Å². The van der Waals surface area contributed by atoms with E-state index in [0.29, 0.717) is 11.7 Å². The SMILES string of the molecule is CCn1nc(C)cc1C(=O)N1CCCC2(COCCN(C(C)C)C2)C1. The largest absolute Gasteiger partial charge is 0.379 e. The minimum atomic E-state index is 0.0563. The summed E-state index contributed by atoms with van der Waals surface area (Å²) >= 11 is 0. The molecule has 140 valence electrons. The molecule has 0 N–H and O–H groups in total. The number of piperidine rings is 1. The minimum Gasteiger partial charge on any atom is -0.379 e. The molecule has 1 aromatic heterocycles. The van der Waals surface area contributed by atoms with Gasteiger partial charge in [-0.3, -0.25) is 14.4 Å². The Morgan fingerprint density at radius 1 is 1.36 bits per heavy atom. The average molecular weight is 348 g/mol. The normalized spacial score (nSPS) is 25.6. The molecule has 0 bridgehead atoms. The maximum absolute atomic E-state index is 13.1. The Labute approximate surface area is 151 Å². The third-order valence-electron chi connectivity index (χ3n) is 5.57. The van der Waals surface area contributed by atoms with E-state index < -0.39 is 0 Å². The van der Waals surface area contributed by atoms with E-state index in [4.69, 9.17) is 4.74 Å². The third kappa shape index (κ3) is 3.90. The molecule has 3 heterocycles. The highest BCUT2D eigenvalue weighted by Gasteiger charge is 2.41. The van der Waals surface area contributed by atoms with Gasteiger partial charge in [0.05, 0.1) is 18.9 Å². The van der Waals surface area contributed by atoms with Crippen LogP contribution in [0.4, 0.5) is 0 Å². The van der Waals surface area contributed by atoms with Gasteiger partial charge in [0.2, 0.25) is 0 Å². The summed E-state index contributed by atoms with van der Waals surface area (Å²) in [5, 5.41) is 4.44. The fourth-order valence-electron chi connectivity index (χ4n) is 4.22. The van der Waals surface area contributed by atoms with Crippen molar-refractivity contribution in [3.63, 3.8) is 0 Å². The number of hydrogen-bond acceptors (Lipinski definition) is 4. The number of nitrogens with zero attached hydrogens (tertiary/aromatic N) is 4. The van der Waals surface area contributed by atoms with Gasteiger partial charge in [0.15, 0.2) is 0 Å². The zero-order valence-electron chi connectivity index (χ0n) is 16.1. The molecule has 2 fully saturated rings. The summed E-state index contributed by atoms with van der Waals surface area (Å²) in [6.07, 6.45) is 2.17. The van der Waals surface area contributed by atoms with Crippen LogP contribution in [-0.4, -0.2) is 70.9 Å². The van der Waals surface area contributed by atoms with Gasteiger partial charge in [-0.1, -0.05) is 0 Å². The molecular weight excluding hydrogens is 316 g/mol. The molecule has 6 nitrogen and oxygen atoms in total. The summed E-state index contributed by atoms with van der Waals surface area (Å²) in [7, 11) is 0. The fourth-order valence-corrected chi connectivity index (χ4v) is 4.22. The molecule has 0 aromatic carbocycles. The summed E-state index contributed by atoms with van der Waals surface area (Å²) in [4.78, 5) is 17.7. The molecule has 6 heteroatoms. The van der Waals surface area contributed by atoms with Gasteiger partial charge in [-0.25, -0.2) is 0 Å². The van der Waals surface area contributed by atoms with E-state index in [1.807, 2.05) is 29.5 Å². The highest BCUT2D eigenvalue weighted by Crippen LogP contribution is 2.34. The van der Waals surface area contributed by atoms with Crippen LogP contribution >= 0.6 is 0 Å². The minimum absolute atomic E-state index is 0.0563. The number of ether oxygens (including phenoxy) is 1. The monoisotopic (exact) mass is 348 g/mol. The van der Waals surface area contributed by atoms with Gasteiger partial charge in [0, 0.05) is 44.2 Å². The van der Waals surface area contributed by atoms with Gasteiger partial charge >= 0.3 is 0 Å². The predicted octanol–water partition coefficient (Wildman–Crippen LogP) is 2.17. The Bertz CT molecular complexity index is 613. The Kier molecular flexibility index (Phi) is 5.49. The van der Waals surface area contributed by atoms with Gasteiger partial charge in [-0.15, -0.1) is 0 Å². The molecule has 3 rings (SSSR count). The van der Waals surface area contributed by atoms with Crippen LogP contribution in [0.3, 0.4) is 0 Å². The molecule has 1 spiro atoms. The van der Waals surface area contributed by atoms with Crippen LogP contribution in [0.15, 0.2) is 6.07 Å². The van der Waals surface area contributed by atoms with Gasteiger partial charge in [-0.2, -0.15) is 5.10 Å². The Morgan fingerprint density at radius 3 is 2.88 bits per heavy atom. The number of hydrogen-bond donors (Lipinski definition) is 0. The van der Waals surface area contributed by atoms with Crippen molar-refractivity contribution in [2.75, 3.05) is 39.4 Å². The maximum Gasteiger partial charge on any atom is 0.272 e. The van der Waals surface area contributed by atoms with Crippen LogP contribution in [-0.2, 0) is 11.3 Å². The van der Waals surface area contributed by atoms with Gasteiger partial charge in [0.25, 0.3) is 5.91 Å². The average Bonchev–Trinajstić information content (AvgIpc) is 2.85. The van der Waals surface area contributed by atoms with Crippen molar-refractivity contribution >= 4 is 5.91 Å². The van der Waals surface area contributed by atoms with Gasteiger partial charge < -0.3 is 9.64 Å². The van der Waals surface area contributed by atoms with Crippen molar-refractivity contribution in [1.29, 1.82) is 0 Å². The summed E-state index contributed by atoms with van der Waals surface area (Å²) in [5.74, 6) is 0.113. The van der Waals surface area contributed by atoms with E-state index in [9.17, 15) is 4.79 Å². The number of aryl methyl sites for hydroxylation is 2. The molecule has 1 aromatic rings. The second-order valence-electron chi connectivity index (χ2n) is 7.93. The molecule has 1 amide bonds. The second-order valence-corrected chi connectivity index (χ2v) is 7.93. The second kappa shape index (κ2) is 7.46. The van der Waals surface area contributed by atoms with E-state index in [1.54, 1.807) is 0 Å². The molecule has 0 radical (unpaired) electrons. The number of rotatable bonds is 3. The Balaban J connectivity index is 1.78. The Hall–Kier alpha value is -1.40. The summed E-state index contributed by atoms with van der Waals surface area (Å²) in [6.45, 7) is 14.3. The highest BCUT2D eigenvalue weighted by molar-refractivity contribution is 5.92. The number of likely N-dealkylation sites (tertiary alicyclic amines) is 1. The highest BCUT2D eigenvalue weighted by atomic mass is 16.5. The van der Waals surface area contributed by atoms with Crippen molar-refractivity contribution in [1.82, 2.24) is 19.6 Å². The fraction of sp³-hybridized carbons (Fsp3) is 0.789. The zero-order valence-corrected chi connectivity index (χ0v) is 16.1. The lowest BCUT2D eigenvalue weighted by atomic mass is 9.79. The van der Waals surface area contributed by atoms with Crippen LogP contribution in [0.5, 0.6) is 0 Å². The van der Waals surface area contributed by atoms with Crippen molar-refractivity contribution < 1.29 is 9.53 Å². The first-order chi connectivity index (χ1) is 11.9.